The van der Waals surface area contributed by atoms with E-state index in [0.717, 1.165) is 6.42 Å². The summed E-state index contributed by atoms with van der Waals surface area (Å²) >= 11 is 12.0. The van der Waals surface area contributed by atoms with Crippen LogP contribution in [-0.2, 0) is 0 Å². The summed E-state index contributed by atoms with van der Waals surface area (Å²) in [6.07, 6.45) is 15.7. The number of rotatable bonds is 10. The van der Waals surface area contributed by atoms with Gasteiger partial charge in [-0.15, -0.1) is 0 Å². The van der Waals surface area contributed by atoms with E-state index in [4.69, 9.17) is 11.5 Å². The van der Waals surface area contributed by atoms with Gasteiger partial charge in [-0.2, -0.15) is 23.2 Å². The first-order chi connectivity index (χ1) is 10.2. The maximum atomic E-state index is 6.58. The molecule has 0 aliphatic heterocycles. The van der Waals surface area contributed by atoms with Gasteiger partial charge in [-0.05, 0) is 41.0 Å². The van der Waals surface area contributed by atoms with Crippen LogP contribution in [0.3, 0.4) is 0 Å². The molecule has 0 heterocycles. The molecule has 0 aromatic carbocycles. The summed E-state index contributed by atoms with van der Waals surface area (Å²) < 4.78 is 1.17. The molecule has 0 aromatic rings. The molecule has 0 rings (SSSR count). The number of hydrogen-bond acceptors (Lipinski definition) is 1. The molecule has 0 bridgehead atoms. The van der Waals surface area contributed by atoms with Crippen LogP contribution < -0.4 is 0 Å². The highest BCUT2D eigenvalue weighted by Crippen LogP contribution is 2.43. The number of halogens is 2. The first kappa shape index (κ1) is 25.2. The maximum Gasteiger partial charge on any atom is 0.295 e. The Labute approximate surface area is 158 Å². The molecule has 0 fully saturated rings. The fourth-order valence-corrected chi connectivity index (χ4v) is 3.08. The van der Waals surface area contributed by atoms with Crippen LogP contribution in [0, 0.1) is 5.92 Å². The Bertz CT molecular complexity index is 280. The molecule has 0 aliphatic carbocycles. The van der Waals surface area contributed by atoms with E-state index in [-0.39, 0.29) is 11.4 Å². The highest BCUT2D eigenvalue weighted by atomic mass is 79.9. The molecule has 0 saturated carbocycles. The van der Waals surface area contributed by atoms with Gasteiger partial charge >= 0.3 is 0 Å². The third-order valence-corrected chi connectivity index (χ3v) is 6.12. The van der Waals surface area contributed by atoms with Gasteiger partial charge in [0.25, 0.3) is 6.13 Å². The van der Waals surface area contributed by atoms with Gasteiger partial charge in [0.05, 0.1) is 0 Å². The first-order valence-electron chi connectivity index (χ1n) is 8.65. The lowest BCUT2D eigenvalue weighted by molar-refractivity contribution is 0.473. The van der Waals surface area contributed by atoms with Gasteiger partial charge < -0.3 is 0 Å². The van der Waals surface area contributed by atoms with E-state index in [1.54, 1.807) is 11.8 Å². The predicted octanol–water partition coefficient (Wildman–Crippen LogP) is 8.20. The van der Waals surface area contributed by atoms with Gasteiger partial charge in [0.15, 0.2) is 0 Å². The fourth-order valence-electron chi connectivity index (χ4n) is 1.92. The summed E-state index contributed by atoms with van der Waals surface area (Å²) in [7, 11) is 0. The lowest BCUT2D eigenvalue weighted by Crippen LogP contribution is -2.28. The van der Waals surface area contributed by atoms with Crippen molar-refractivity contribution in [2.75, 3.05) is 12.5 Å². The van der Waals surface area contributed by atoms with Crippen molar-refractivity contribution < 1.29 is 0 Å². The van der Waals surface area contributed by atoms with Crippen LogP contribution in [-0.4, -0.2) is 18.6 Å². The van der Waals surface area contributed by atoms with Crippen molar-refractivity contribution in [3.63, 3.8) is 0 Å². The Morgan fingerprint density at radius 2 is 1.59 bits per heavy atom. The zero-order valence-corrected chi connectivity index (χ0v) is 19.0. The molecule has 0 aliphatic rings. The molecular weight excluding hydrogens is 374 g/mol. The van der Waals surface area contributed by atoms with Crippen molar-refractivity contribution in [1.82, 2.24) is 0 Å². The smallest absolute Gasteiger partial charge is 0.188 e. The maximum absolute atomic E-state index is 6.58. The van der Waals surface area contributed by atoms with Crippen molar-refractivity contribution in [1.29, 1.82) is 0 Å². The quantitative estimate of drug-likeness (QED) is 0.258. The van der Waals surface area contributed by atoms with Crippen LogP contribution in [0.4, 0.5) is 0 Å². The van der Waals surface area contributed by atoms with Gasteiger partial charge in [-0.25, -0.2) is 0 Å². The van der Waals surface area contributed by atoms with Crippen molar-refractivity contribution in [2.24, 2.45) is 5.92 Å². The SMILES string of the molecule is CCCCCCCC/C=C(\Br)B(Cl)C(C)(C)C(C)C.CSC. The van der Waals surface area contributed by atoms with E-state index >= 15 is 0 Å². The van der Waals surface area contributed by atoms with Crippen molar-refractivity contribution in [2.45, 2.75) is 84.9 Å². The molecule has 0 atom stereocenters. The van der Waals surface area contributed by atoms with Gasteiger partial charge in [0.1, 0.15) is 0 Å². The standard InChI is InChI=1S/C16H31BBrCl.C2H6S/c1-6-7-8-9-10-11-12-13-15(18)17(19)16(4,5)14(2)3;1-3-2/h13-14H,6-12H2,1-5H3;1-2H3/b15-13-;. The molecule has 0 amide bonds. The molecule has 0 N–H and O–H groups in total. The van der Waals surface area contributed by atoms with Crippen molar-refractivity contribution in [3.8, 4) is 0 Å². The lowest BCUT2D eigenvalue weighted by atomic mass is 9.48. The summed E-state index contributed by atoms with van der Waals surface area (Å²) in [6.45, 7) is 11.2. The van der Waals surface area contributed by atoms with E-state index in [9.17, 15) is 0 Å². The van der Waals surface area contributed by atoms with E-state index in [0.29, 0.717) is 5.92 Å². The monoisotopic (exact) mass is 410 g/mol. The van der Waals surface area contributed by atoms with E-state index < -0.39 is 0 Å². The molecule has 0 unspecified atom stereocenters. The van der Waals surface area contributed by atoms with Crippen molar-refractivity contribution >= 4 is 45.3 Å². The summed E-state index contributed by atoms with van der Waals surface area (Å²) in [5.74, 6) is 0.574. The second-order valence-electron chi connectivity index (χ2n) is 6.89. The largest absolute Gasteiger partial charge is 0.295 e. The van der Waals surface area contributed by atoms with E-state index in [2.05, 4.69) is 56.6 Å². The normalized spacial score (nSPS) is 12.2. The van der Waals surface area contributed by atoms with Gasteiger partial charge in [-0.1, -0.05) is 88.7 Å². The van der Waals surface area contributed by atoms with Crippen LogP contribution in [0.5, 0.6) is 0 Å². The van der Waals surface area contributed by atoms with E-state index in [1.807, 2.05) is 12.5 Å². The minimum atomic E-state index is 0.0765. The summed E-state index contributed by atoms with van der Waals surface area (Å²) in [5, 5.41) is 0.123. The molecule has 0 saturated heterocycles. The number of allylic oxidation sites excluding steroid dienone is 1. The minimum absolute atomic E-state index is 0.0765. The average Bonchev–Trinajstić information content (AvgIpc) is 2.45. The van der Waals surface area contributed by atoms with Crippen LogP contribution in [0.15, 0.2) is 10.5 Å². The molecule has 0 radical (unpaired) electrons. The Balaban J connectivity index is 0. The topological polar surface area (TPSA) is 0 Å². The highest BCUT2D eigenvalue weighted by molar-refractivity contribution is 9.12. The third kappa shape index (κ3) is 12.4. The van der Waals surface area contributed by atoms with Gasteiger partial charge in [0.2, 0.25) is 0 Å². The third-order valence-electron chi connectivity index (χ3n) is 4.28. The van der Waals surface area contributed by atoms with Crippen LogP contribution in [0.25, 0.3) is 0 Å². The number of thioether (sulfide) groups is 1. The molecule has 22 heavy (non-hydrogen) atoms. The summed E-state index contributed by atoms with van der Waals surface area (Å²) in [5.41, 5.74) is 0. The Morgan fingerprint density at radius 1 is 1.14 bits per heavy atom. The zero-order valence-electron chi connectivity index (χ0n) is 15.8. The summed E-state index contributed by atoms with van der Waals surface area (Å²) in [4.78, 5) is 0. The lowest BCUT2D eigenvalue weighted by Gasteiger charge is -2.31. The van der Waals surface area contributed by atoms with Crippen LogP contribution in [0.2, 0.25) is 5.31 Å². The number of unbranched alkanes of at least 4 members (excludes halogenated alkanes) is 6. The molecule has 0 aromatic heterocycles. The Hall–Kier alpha value is 0.925. The van der Waals surface area contributed by atoms with Crippen LogP contribution in [0.1, 0.15) is 79.6 Å². The second-order valence-corrected chi connectivity index (χ2v) is 9.06. The molecule has 4 heteroatoms. The summed E-state index contributed by atoms with van der Waals surface area (Å²) in [6, 6.07) is 0. The van der Waals surface area contributed by atoms with Gasteiger partial charge in [-0.3, -0.25) is 0 Å². The van der Waals surface area contributed by atoms with E-state index in [1.165, 1.54) is 42.9 Å². The first-order valence-corrected chi connectivity index (χ1v) is 11.5. The zero-order chi connectivity index (χ0) is 17.6. The number of hydrogen-bond donors (Lipinski definition) is 0. The van der Waals surface area contributed by atoms with Crippen LogP contribution >= 0.6 is 39.2 Å². The molecule has 132 valence electrons. The predicted molar refractivity (Wildman–Crippen MR) is 115 cm³/mol. The Morgan fingerprint density at radius 3 is 2.05 bits per heavy atom. The minimum Gasteiger partial charge on any atom is -0.188 e. The molecule has 0 spiro atoms. The average molecular weight is 412 g/mol. The second kappa shape index (κ2) is 15.5. The molecular formula is C18H37BBrClS. The highest BCUT2D eigenvalue weighted by Gasteiger charge is 2.36. The molecule has 0 nitrogen and oxygen atoms in total. The van der Waals surface area contributed by atoms with Crippen molar-refractivity contribution in [3.05, 3.63) is 10.5 Å². The fraction of sp³-hybridized carbons (Fsp3) is 0.889. The Kier molecular flexibility index (Phi) is 17.7. The van der Waals surface area contributed by atoms with Gasteiger partial charge in [0, 0.05) is 0 Å².